The number of rotatable bonds is 2. The SMILES string of the molecule is Cc1ccc(Nc2ncnc3c2ccn3C)cc1. The Morgan fingerprint density at radius 3 is 2.61 bits per heavy atom. The minimum absolute atomic E-state index is 0.837. The summed E-state index contributed by atoms with van der Waals surface area (Å²) in [6, 6.07) is 10.3. The highest BCUT2D eigenvalue weighted by atomic mass is 15.1. The Balaban J connectivity index is 2.02. The van der Waals surface area contributed by atoms with Crippen LogP contribution >= 0.6 is 0 Å². The summed E-state index contributed by atoms with van der Waals surface area (Å²) in [7, 11) is 1.98. The lowest BCUT2D eigenvalue weighted by Crippen LogP contribution is -1.96. The predicted molar refractivity (Wildman–Crippen MR) is 73.0 cm³/mol. The number of fused-ring (bicyclic) bond motifs is 1. The Bertz CT molecular complexity index is 683. The Hall–Kier alpha value is -2.36. The summed E-state index contributed by atoms with van der Waals surface area (Å²) in [4.78, 5) is 8.57. The lowest BCUT2D eigenvalue weighted by molar-refractivity contribution is 0.944. The maximum atomic E-state index is 4.30. The number of hydrogen-bond donors (Lipinski definition) is 1. The highest BCUT2D eigenvalue weighted by molar-refractivity contribution is 5.89. The van der Waals surface area contributed by atoms with Gasteiger partial charge < -0.3 is 9.88 Å². The average Bonchev–Trinajstić information content (AvgIpc) is 2.76. The molecular weight excluding hydrogens is 224 g/mol. The average molecular weight is 238 g/mol. The van der Waals surface area contributed by atoms with Crippen molar-refractivity contribution in [3.63, 3.8) is 0 Å². The molecule has 1 aromatic carbocycles. The van der Waals surface area contributed by atoms with Gasteiger partial charge in [0.05, 0.1) is 5.39 Å². The molecule has 0 radical (unpaired) electrons. The molecule has 2 heterocycles. The zero-order valence-corrected chi connectivity index (χ0v) is 10.4. The number of aromatic nitrogens is 3. The van der Waals surface area contributed by atoms with Gasteiger partial charge in [-0.3, -0.25) is 0 Å². The lowest BCUT2D eigenvalue weighted by Gasteiger charge is -2.06. The second kappa shape index (κ2) is 4.14. The Kier molecular flexibility index (Phi) is 2.48. The van der Waals surface area contributed by atoms with Crippen LogP contribution in [0.2, 0.25) is 0 Å². The molecule has 0 fully saturated rings. The number of hydrogen-bond acceptors (Lipinski definition) is 3. The zero-order chi connectivity index (χ0) is 12.5. The molecular formula is C14H14N4. The normalized spacial score (nSPS) is 10.8. The predicted octanol–water partition coefficient (Wildman–Crippen LogP) is 3.02. The molecule has 0 saturated carbocycles. The van der Waals surface area contributed by atoms with Crippen LogP contribution in [0, 0.1) is 6.92 Å². The molecule has 18 heavy (non-hydrogen) atoms. The van der Waals surface area contributed by atoms with Crippen molar-refractivity contribution in [3.8, 4) is 0 Å². The minimum Gasteiger partial charge on any atom is -0.340 e. The van der Waals surface area contributed by atoms with Gasteiger partial charge in [0.1, 0.15) is 17.8 Å². The van der Waals surface area contributed by atoms with Crippen molar-refractivity contribution in [2.75, 3.05) is 5.32 Å². The van der Waals surface area contributed by atoms with Crippen LogP contribution in [-0.4, -0.2) is 14.5 Å². The molecule has 0 unspecified atom stereocenters. The molecule has 90 valence electrons. The van der Waals surface area contributed by atoms with Crippen LogP contribution in [0.25, 0.3) is 11.0 Å². The van der Waals surface area contributed by atoms with Crippen LogP contribution < -0.4 is 5.32 Å². The number of anilines is 2. The van der Waals surface area contributed by atoms with Crippen molar-refractivity contribution in [1.29, 1.82) is 0 Å². The summed E-state index contributed by atoms with van der Waals surface area (Å²) in [6.07, 6.45) is 3.57. The van der Waals surface area contributed by atoms with Crippen LogP contribution in [0.3, 0.4) is 0 Å². The fraction of sp³-hybridized carbons (Fsp3) is 0.143. The number of nitrogens with zero attached hydrogens (tertiary/aromatic N) is 3. The summed E-state index contributed by atoms with van der Waals surface area (Å²) >= 11 is 0. The smallest absolute Gasteiger partial charge is 0.145 e. The Morgan fingerprint density at radius 1 is 1.06 bits per heavy atom. The molecule has 0 aliphatic carbocycles. The van der Waals surface area contributed by atoms with E-state index in [0.717, 1.165) is 22.5 Å². The van der Waals surface area contributed by atoms with Gasteiger partial charge in [-0.1, -0.05) is 17.7 Å². The standard InChI is InChI=1S/C14H14N4/c1-10-3-5-11(6-4-10)17-13-12-7-8-18(2)14(12)16-9-15-13/h3-9H,1-2H3,(H,15,16,17). The summed E-state index contributed by atoms with van der Waals surface area (Å²) in [5.74, 6) is 0.837. The van der Waals surface area contributed by atoms with E-state index in [1.807, 2.05) is 36.0 Å². The first kappa shape index (κ1) is 10.8. The van der Waals surface area contributed by atoms with Gasteiger partial charge in [0.15, 0.2) is 0 Å². The number of aryl methyl sites for hydroxylation is 2. The van der Waals surface area contributed by atoms with Crippen molar-refractivity contribution < 1.29 is 0 Å². The Morgan fingerprint density at radius 2 is 1.83 bits per heavy atom. The van der Waals surface area contributed by atoms with Crippen molar-refractivity contribution >= 4 is 22.5 Å². The van der Waals surface area contributed by atoms with E-state index in [9.17, 15) is 0 Å². The summed E-state index contributed by atoms with van der Waals surface area (Å²) in [5, 5.41) is 4.35. The maximum Gasteiger partial charge on any atom is 0.145 e. The highest BCUT2D eigenvalue weighted by Gasteiger charge is 2.06. The van der Waals surface area contributed by atoms with E-state index in [2.05, 4.69) is 34.3 Å². The van der Waals surface area contributed by atoms with Crippen LogP contribution in [0.4, 0.5) is 11.5 Å². The monoisotopic (exact) mass is 238 g/mol. The summed E-state index contributed by atoms with van der Waals surface area (Å²) in [5.41, 5.74) is 3.21. The molecule has 3 aromatic rings. The molecule has 0 amide bonds. The van der Waals surface area contributed by atoms with Crippen LogP contribution in [0.1, 0.15) is 5.56 Å². The third kappa shape index (κ3) is 1.82. The van der Waals surface area contributed by atoms with Gasteiger partial charge in [0, 0.05) is 18.9 Å². The van der Waals surface area contributed by atoms with Crippen LogP contribution in [0.5, 0.6) is 0 Å². The largest absolute Gasteiger partial charge is 0.340 e. The summed E-state index contributed by atoms with van der Waals surface area (Å²) < 4.78 is 1.98. The molecule has 4 heteroatoms. The molecule has 0 aliphatic heterocycles. The third-order valence-electron chi connectivity index (χ3n) is 2.98. The van der Waals surface area contributed by atoms with E-state index >= 15 is 0 Å². The van der Waals surface area contributed by atoms with Crippen molar-refractivity contribution in [2.45, 2.75) is 6.92 Å². The van der Waals surface area contributed by atoms with Gasteiger partial charge in [-0.2, -0.15) is 0 Å². The van der Waals surface area contributed by atoms with E-state index in [1.54, 1.807) is 6.33 Å². The van der Waals surface area contributed by atoms with E-state index in [-0.39, 0.29) is 0 Å². The van der Waals surface area contributed by atoms with Gasteiger partial charge in [0.2, 0.25) is 0 Å². The van der Waals surface area contributed by atoms with E-state index in [1.165, 1.54) is 5.56 Å². The molecule has 1 N–H and O–H groups in total. The van der Waals surface area contributed by atoms with Gasteiger partial charge >= 0.3 is 0 Å². The quantitative estimate of drug-likeness (QED) is 0.746. The van der Waals surface area contributed by atoms with E-state index < -0.39 is 0 Å². The van der Waals surface area contributed by atoms with Crippen molar-refractivity contribution in [3.05, 3.63) is 48.4 Å². The zero-order valence-electron chi connectivity index (χ0n) is 10.4. The second-order valence-corrected chi connectivity index (χ2v) is 4.38. The number of benzene rings is 1. The van der Waals surface area contributed by atoms with E-state index in [0.29, 0.717) is 0 Å². The van der Waals surface area contributed by atoms with Crippen molar-refractivity contribution in [2.24, 2.45) is 7.05 Å². The molecule has 2 aromatic heterocycles. The highest BCUT2D eigenvalue weighted by Crippen LogP contribution is 2.23. The maximum absolute atomic E-state index is 4.30. The molecule has 0 saturated heterocycles. The van der Waals surface area contributed by atoms with Gasteiger partial charge in [-0.25, -0.2) is 9.97 Å². The molecule has 3 rings (SSSR count). The number of nitrogens with one attached hydrogen (secondary N) is 1. The Labute approximate surface area is 105 Å². The minimum atomic E-state index is 0.837. The molecule has 0 spiro atoms. The van der Waals surface area contributed by atoms with E-state index in [4.69, 9.17) is 0 Å². The third-order valence-corrected chi connectivity index (χ3v) is 2.98. The first-order chi connectivity index (χ1) is 8.74. The molecule has 4 nitrogen and oxygen atoms in total. The van der Waals surface area contributed by atoms with Gasteiger partial charge in [0.25, 0.3) is 0 Å². The topological polar surface area (TPSA) is 42.7 Å². The fourth-order valence-electron chi connectivity index (χ4n) is 1.95. The molecule has 0 bridgehead atoms. The first-order valence-electron chi connectivity index (χ1n) is 5.84. The summed E-state index contributed by atoms with van der Waals surface area (Å²) in [6.45, 7) is 2.07. The second-order valence-electron chi connectivity index (χ2n) is 4.38. The molecule has 0 aliphatic rings. The molecule has 0 atom stereocenters. The van der Waals surface area contributed by atoms with Gasteiger partial charge in [-0.05, 0) is 25.1 Å². The first-order valence-corrected chi connectivity index (χ1v) is 5.84. The van der Waals surface area contributed by atoms with Crippen molar-refractivity contribution in [1.82, 2.24) is 14.5 Å². The van der Waals surface area contributed by atoms with Crippen LogP contribution in [-0.2, 0) is 7.05 Å². The lowest BCUT2D eigenvalue weighted by atomic mass is 10.2. The fourth-order valence-corrected chi connectivity index (χ4v) is 1.95. The van der Waals surface area contributed by atoms with Gasteiger partial charge in [-0.15, -0.1) is 0 Å². The van der Waals surface area contributed by atoms with Crippen LogP contribution in [0.15, 0.2) is 42.9 Å².